The topological polar surface area (TPSA) is 77.1 Å². The minimum atomic E-state index is -0.512. The molecule has 33 heavy (non-hydrogen) atoms. The van der Waals surface area contributed by atoms with E-state index in [1.165, 1.54) is 14.2 Å². The first kappa shape index (κ1) is 22.2. The third kappa shape index (κ3) is 4.10. The average molecular weight is 465 g/mol. The monoisotopic (exact) mass is 464 g/mol. The van der Waals surface area contributed by atoms with Gasteiger partial charge in [-0.1, -0.05) is 35.9 Å². The van der Waals surface area contributed by atoms with E-state index in [1.54, 1.807) is 73.8 Å². The van der Waals surface area contributed by atoms with Gasteiger partial charge in [-0.15, -0.1) is 0 Å². The number of carbonyl (C=O) groups is 2. The molecule has 168 valence electrons. The van der Waals surface area contributed by atoms with Crippen LogP contribution in [0.1, 0.15) is 5.56 Å². The van der Waals surface area contributed by atoms with Crippen LogP contribution >= 0.6 is 11.6 Å². The number of nitrogens with one attached hydrogen (secondary N) is 1. The first-order valence-corrected chi connectivity index (χ1v) is 10.4. The van der Waals surface area contributed by atoms with Crippen LogP contribution in [0.25, 0.3) is 5.57 Å². The van der Waals surface area contributed by atoms with Gasteiger partial charge < -0.3 is 19.5 Å². The van der Waals surface area contributed by atoms with Crippen LogP contribution in [0.15, 0.2) is 72.4 Å². The van der Waals surface area contributed by atoms with Crippen LogP contribution in [0.3, 0.4) is 0 Å². The van der Waals surface area contributed by atoms with Crippen LogP contribution in [0, 0.1) is 0 Å². The molecular weight excluding hydrogens is 444 g/mol. The van der Waals surface area contributed by atoms with Gasteiger partial charge in [-0.3, -0.25) is 9.59 Å². The lowest BCUT2D eigenvalue weighted by Gasteiger charge is -2.18. The largest absolute Gasteiger partial charge is 0.497 e. The molecule has 3 aromatic carbocycles. The van der Waals surface area contributed by atoms with Crippen molar-refractivity contribution < 1.29 is 23.8 Å². The normalized spacial score (nSPS) is 13.4. The van der Waals surface area contributed by atoms with Gasteiger partial charge in [-0.25, -0.2) is 4.90 Å². The Labute approximate surface area is 196 Å². The summed E-state index contributed by atoms with van der Waals surface area (Å²) in [4.78, 5) is 28.2. The van der Waals surface area contributed by atoms with Crippen LogP contribution in [0.2, 0.25) is 5.02 Å². The molecule has 1 aliphatic heterocycles. The molecule has 1 N–H and O–H groups in total. The molecule has 0 unspecified atom stereocenters. The van der Waals surface area contributed by atoms with Crippen molar-refractivity contribution in [1.29, 1.82) is 0 Å². The van der Waals surface area contributed by atoms with Crippen molar-refractivity contribution >= 4 is 40.4 Å². The third-order valence-corrected chi connectivity index (χ3v) is 5.51. The second kappa shape index (κ2) is 9.26. The molecule has 0 aromatic heterocycles. The molecule has 0 saturated carbocycles. The zero-order valence-electron chi connectivity index (χ0n) is 18.2. The highest BCUT2D eigenvalue weighted by Crippen LogP contribution is 2.38. The molecular formula is C25H21ClN2O5. The molecule has 0 radical (unpaired) electrons. The molecule has 7 nitrogen and oxygen atoms in total. The lowest BCUT2D eigenvalue weighted by molar-refractivity contribution is -0.120. The van der Waals surface area contributed by atoms with Crippen molar-refractivity contribution in [2.45, 2.75) is 0 Å². The highest BCUT2D eigenvalue weighted by molar-refractivity contribution is 6.46. The minimum absolute atomic E-state index is 0.123. The number of benzene rings is 3. The van der Waals surface area contributed by atoms with E-state index in [4.69, 9.17) is 25.8 Å². The van der Waals surface area contributed by atoms with E-state index >= 15 is 0 Å². The molecule has 0 fully saturated rings. The number of methoxy groups -OCH3 is 3. The maximum atomic E-state index is 13.6. The van der Waals surface area contributed by atoms with Gasteiger partial charge >= 0.3 is 0 Å². The van der Waals surface area contributed by atoms with E-state index < -0.39 is 11.8 Å². The van der Waals surface area contributed by atoms with Crippen LogP contribution in [0.5, 0.6) is 17.2 Å². The second-order valence-corrected chi connectivity index (χ2v) is 7.48. The standard InChI is InChI=1S/C25H21ClN2O5/c1-31-17-11-8-15(9-12-17)22-23(27-16-10-13-20(32-2)18(26)14-16)25(30)28(24(22)29)19-6-4-5-7-21(19)33-3/h4-14,27H,1-3H3. The summed E-state index contributed by atoms with van der Waals surface area (Å²) in [5, 5.41) is 3.45. The number of hydrogen-bond donors (Lipinski definition) is 1. The number of halogens is 1. The molecule has 1 aliphatic rings. The Morgan fingerprint density at radius 1 is 0.788 bits per heavy atom. The summed E-state index contributed by atoms with van der Waals surface area (Å²) in [6, 6.07) is 18.8. The first-order valence-electron chi connectivity index (χ1n) is 9.99. The van der Waals surface area contributed by atoms with Crippen LogP contribution in [-0.4, -0.2) is 33.1 Å². The van der Waals surface area contributed by atoms with Crippen molar-refractivity contribution in [2.24, 2.45) is 0 Å². The molecule has 8 heteroatoms. The van der Waals surface area contributed by atoms with Crippen LogP contribution in [0.4, 0.5) is 11.4 Å². The number of carbonyl (C=O) groups excluding carboxylic acids is 2. The molecule has 1 heterocycles. The van der Waals surface area contributed by atoms with E-state index in [0.29, 0.717) is 39.2 Å². The quantitative estimate of drug-likeness (QED) is 0.508. The Morgan fingerprint density at radius 2 is 1.48 bits per heavy atom. The number of hydrogen-bond acceptors (Lipinski definition) is 6. The predicted molar refractivity (Wildman–Crippen MR) is 127 cm³/mol. The fourth-order valence-electron chi connectivity index (χ4n) is 3.59. The molecule has 3 aromatic rings. The summed E-state index contributed by atoms with van der Waals surface area (Å²) in [6.07, 6.45) is 0. The molecule has 0 spiro atoms. The minimum Gasteiger partial charge on any atom is -0.497 e. The number of imide groups is 1. The van der Waals surface area contributed by atoms with Gasteiger partial charge in [0.15, 0.2) is 0 Å². The summed E-state index contributed by atoms with van der Waals surface area (Å²) in [5.41, 5.74) is 1.79. The Morgan fingerprint density at radius 3 is 2.12 bits per heavy atom. The second-order valence-electron chi connectivity index (χ2n) is 7.07. The van der Waals surface area contributed by atoms with E-state index in [1.807, 2.05) is 0 Å². The van der Waals surface area contributed by atoms with Gasteiger partial charge in [0.1, 0.15) is 22.9 Å². The molecule has 0 bridgehead atoms. The number of anilines is 2. The number of para-hydroxylation sites is 2. The van der Waals surface area contributed by atoms with Crippen molar-refractivity contribution in [2.75, 3.05) is 31.5 Å². The molecule has 4 rings (SSSR count). The number of nitrogens with zero attached hydrogens (tertiary/aromatic N) is 1. The highest BCUT2D eigenvalue weighted by Gasteiger charge is 2.41. The fraction of sp³-hybridized carbons (Fsp3) is 0.120. The lowest BCUT2D eigenvalue weighted by Crippen LogP contribution is -2.32. The lowest BCUT2D eigenvalue weighted by atomic mass is 10.0. The van der Waals surface area contributed by atoms with Crippen LogP contribution in [-0.2, 0) is 9.59 Å². The molecule has 0 atom stereocenters. The van der Waals surface area contributed by atoms with Gasteiger partial charge in [0, 0.05) is 5.69 Å². The van der Waals surface area contributed by atoms with E-state index in [0.717, 1.165) is 4.90 Å². The summed E-state index contributed by atoms with van der Waals surface area (Å²) in [6.45, 7) is 0. The maximum absolute atomic E-state index is 13.6. The fourth-order valence-corrected chi connectivity index (χ4v) is 3.85. The van der Waals surface area contributed by atoms with E-state index in [2.05, 4.69) is 5.32 Å². The van der Waals surface area contributed by atoms with Crippen LogP contribution < -0.4 is 24.4 Å². The predicted octanol–water partition coefficient (Wildman–Crippen LogP) is 4.76. The molecule has 0 saturated heterocycles. The van der Waals surface area contributed by atoms with Crippen molar-refractivity contribution in [1.82, 2.24) is 0 Å². The summed E-state index contributed by atoms with van der Waals surface area (Å²) < 4.78 is 15.8. The van der Waals surface area contributed by atoms with Gasteiger partial charge in [0.05, 0.1) is 37.6 Å². The van der Waals surface area contributed by atoms with Gasteiger partial charge in [-0.05, 0) is 48.0 Å². The first-order chi connectivity index (χ1) is 16.0. The zero-order valence-corrected chi connectivity index (χ0v) is 19.0. The van der Waals surface area contributed by atoms with Crippen molar-refractivity contribution in [3.8, 4) is 17.2 Å². The van der Waals surface area contributed by atoms with Crippen molar-refractivity contribution in [3.63, 3.8) is 0 Å². The number of rotatable bonds is 7. The van der Waals surface area contributed by atoms with Gasteiger partial charge in [0.25, 0.3) is 11.8 Å². The summed E-state index contributed by atoms with van der Waals surface area (Å²) >= 11 is 6.26. The van der Waals surface area contributed by atoms with Gasteiger partial charge in [-0.2, -0.15) is 0 Å². The molecule has 0 aliphatic carbocycles. The Balaban J connectivity index is 1.82. The summed E-state index contributed by atoms with van der Waals surface area (Å²) in [7, 11) is 4.56. The van der Waals surface area contributed by atoms with E-state index in [9.17, 15) is 9.59 Å². The Bertz CT molecular complexity index is 1250. The number of amides is 2. The molecule has 2 amide bonds. The van der Waals surface area contributed by atoms with Crippen molar-refractivity contribution in [3.05, 3.63) is 83.0 Å². The maximum Gasteiger partial charge on any atom is 0.282 e. The Kier molecular flexibility index (Phi) is 6.24. The zero-order chi connectivity index (χ0) is 23.5. The smallest absolute Gasteiger partial charge is 0.282 e. The Hall–Kier alpha value is -3.97. The number of ether oxygens (including phenoxy) is 3. The average Bonchev–Trinajstić information content (AvgIpc) is 3.08. The SMILES string of the molecule is COc1ccc(C2=C(Nc3ccc(OC)c(Cl)c3)C(=O)N(c3ccccc3OC)C2=O)cc1. The van der Waals surface area contributed by atoms with Gasteiger partial charge in [0.2, 0.25) is 0 Å². The summed E-state index contributed by atoms with van der Waals surface area (Å²) in [5.74, 6) is 0.547. The third-order valence-electron chi connectivity index (χ3n) is 5.21. The van der Waals surface area contributed by atoms with E-state index in [-0.39, 0.29) is 11.3 Å². The highest BCUT2D eigenvalue weighted by atomic mass is 35.5.